The van der Waals surface area contributed by atoms with Crippen molar-refractivity contribution in [3.05, 3.63) is 46.0 Å². The van der Waals surface area contributed by atoms with Gasteiger partial charge < -0.3 is 0 Å². The topological polar surface area (TPSA) is 50.3 Å². The maximum absolute atomic E-state index is 12.2. The molecule has 96 valence electrons. The molecule has 0 aliphatic rings. The fraction of sp³-hybridized carbons (Fsp3) is 0.182. The van der Waals surface area contributed by atoms with Crippen LogP contribution in [0, 0.1) is 0 Å². The van der Waals surface area contributed by atoms with Crippen LogP contribution in [0.25, 0.3) is 0 Å². The van der Waals surface area contributed by atoms with Crippen molar-refractivity contribution in [1.82, 2.24) is 9.29 Å². The van der Waals surface area contributed by atoms with Gasteiger partial charge in [-0.2, -0.15) is 4.31 Å². The zero-order chi connectivity index (χ0) is 13.2. The maximum atomic E-state index is 12.2. The van der Waals surface area contributed by atoms with Crippen LogP contribution >= 0.6 is 27.3 Å². The molecule has 0 aliphatic carbocycles. The van der Waals surface area contributed by atoms with Gasteiger partial charge in [0.2, 0.25) is 0 Å². The molecule has 7 heteroatoms. The SMILES string of the molecule is CN(Cc1cccnc1)S(=O)(=O)c1ccc(Br)s1. The van der Waals surface area contributed by atoms with Gasteiger partial charge in [-0.1, -0.05) is 6.07 Å². The molecule has 0 aromatic carbocycles. The number of pyridine rings is 1. The highest BCUT2D eigenvalue weighted by atomic mass is 79.9. The van der Waals surface area contributed by atoms with Gasteiger partial charge in [-0.25, -0.2) is 8.42 Å². The van der Waals surface area contributed by atoms with Crippen molar-refractivity contribution in [2.24, 2.45) is 0 Å². The molecule has 0 bridgehead atoms. The summed E-state index contributed by atoms with van der Waals surface area (Å²) in [5, 5.41) is 0. The van der Waals surface area contributed by atoms with Gasteiger partial charge in [0.1, 0.15) is 4.21 Å². The molecule has 0 fully saturated rings. The number of rotatable bonds is 4. The number of nitrogens with zero attached hydrogens (tertiary/aromatic N) is 2. The molecule has 0 N–H and O–H groups in total. The Bertz CT molecular complexity index is 626. The third-order valence-corrected chi connectivity index (χ3v) is 6.24. The van der Waals surface area contributed by atoms with Crippen LogP contribution in [-0.4, -0.2) is 24.8 Å². The first-order valence-electron chi connectivity index (χ1n) is 5.11. The van der Waals surface area contributed by atoms with Crippen LogP contribution in [0.4, 0.5) is 0 Å². The van der Waals surface area contributed by atoms with Crippen molar-refractivity contribution >= 4 is 37.3 Å². The molecule has 2 rings (SSSR count). The molecule has 2 aromatic heterocycles. The fourth-order valence-electron chi connectivity index (χ4n) is 1.42. The van der Waals surface area contributed by atoms with E-state index in [1.54, 1.807) is 37.6 Å². The Morgan fingerprint density at radius 3 is 2.72 bits per heavy atom. The van der Waals surface area contributed by atoms with E-state index in [1.165, 1.54) is 15.6 Å². The highest BCUT2D eigenvalue weighted by molar-refractivity contribution is 9.11. The Kier molecular flexibility index (Phi) is 4.16. The van der Waals surface area contributed by atoms with E-state index in [4.69, 9.17) is 0 Å². The van der Waals surface area contributed by atoms with Gasteiger partial charge in [-0.15, -0.1) is 11.3 Å². The van der Waals surface area contributed by atoms with E-state index in [9.17, 15) is 8.42 Å². The lowest BCUT2D eigenvalue weighted by molar-refractivity contribution is 0.468. The molecule has 18 heavy (non-hydrogen) atoms. The average Bonchev–Trinajstić information content (AvgIpc) is 2.78. The van der Waals surface area contributed by atoms with Gasteiger partial charge in [-0.3, -0.25) is 4.98 Å². The number of aromatic nitrogens is 1. The molecule has 0 unspecified atom stereocenters. The second-order valence-electron chi connectivity index (χ2n) is 3.68. The molecule has 0 saturated heterocycles. The minimum Gasteiger partial charge on any atom is -0.264 e. The van der Waals surface area contributed by atoms with Crippen molar-refractivity contribution in [2.45, 2.75) is 10.8 Å². The number of sulfonamides is 1. The molecule has 0 amide bonds. The Labute approximate surface area is 118 Å². The summed E-state index contributed by atoms with van der Waals surface area (Å²) in [7, 11) is -1.86. The van der Waals surface area contributed by atoms with Gasteiger partial charge in [0.05, 0.1) is 3.79 Å². The van der Waals surface area contributed by atoms with Gasteiger partial charge in [0.15, 0.2) is 0 Å². The largest absolute Gasteiger partial charge is 0.264 e. The molecule has 0 atom stereocenters. The first-order chi connectivity index (χ1) is 8.50. The zero-order valence-electron chi connectivity index (χ0n) is 9.58. The van der Waals surface area contributed by atoms with Crippen molar-refractivity contribution in [1.29, 1.82) is 0 Å². The highest BCUT2D eigenvalue weighted by Gasteiger charge is 2.22. The number of hydrogen-bond acceptors (Lipinski definition) is 4. The Morgan fingerprint density at radius 2 is 2.17 bits per heavy atom. The average molecular weight is 347 g/mol. The first kappa shape index (κ1) is 13.7. The molecule has 0 radical (unpaired) electrons. The summed E-state index contributed by atoms with van der Waals surface area (Å²) in [5.74, 6) is 0. The predicted octanol–water partition coefficient (Wildman–Crippen LogP) is 2.73. The smallest absolute Gasteiger partial charge is 0.252 e. The van der Waals surface area contributed by atoms with E-state index >= 15 is 0 Å². The zero-order valence-corrected chi connectivity index (χ0v) is 12.8. The summed E-state index contributed by atoms with van der Waals surface area (Å²) in [6.07, 6.45) is 3.32. The number of thiophene rings is 1. The normalized spacial score (nSPS) is 11.9. The lowest BCUT2D eigenvalue weighted by Gasteiger charge is -2.15. The van der Waals surface area contributed by atoms with Gasteiger partial charge in [0, 0.05) is 26.0 Å². The van der Waals surface area contributed by atoms with Crippen LogP contribution < -0.4 is 0 Å². The van der Waals surface area contributed by atoms with E-state index < -0.39 is 10.0 Å². The van der Waals surface area contributed by atoms with Crippen molar-refractivity contribution < 1.29 is 8.42 Å². The number of halogens is 1. The second kappa shape index (κ2) is 5.48. The Balaban J connectivity index is 2.21. The lowest BCUT2D eigenvalue weighted by Crippen LogP contribution is -2.25. The van der Waals surface area contributed by atoms with Crippen LogP contribution in [0.1, 0.15) is 5.56 Å². The minimum absolute atomic E-state index is 0.311. The molecular formula is C11H11BrN2O2S2. The van der Waals surface area contributed by atoms with E-state index in [2.05, 4.69) is 20.9 Å². The summed E-state index contributed by atoms with van der Waals surface area (Å²) in [6, 6.07) is 6.97. The molecule has 2 heterocycles. The molecule has 2 aromatic rings. The van der Waals surface area contributed by atoms with Crippen LogP contribution in [0.5, 0.6) is 0 Å². The monoisotopic (exact) mass is 346 g/mol. The van der Waals surface area contributed by atoms with Crippen molar-refractivity contribution in [3.8, 4) is 0 Å². The number of hydrogen-bond donors (Lipinski definition) is 0. The summed E-state index contributed by atoms with van der Waals surface area (Å²) < 4.78 is 26.9. The quantitative estimate of drug-likeness (QED) is 0.855. The first-order valence-corrected chi connectivity index (χ1v) is 8.15. The predicted molar refractivity (Wildman–Crippen MR) is 74.9 cm³/mol. The maximum Gasteiger partial charge on any atom is 0.252 e. The molecule has 0 saturated carbocycles. The molecule has 0 aliphatic heterocycles. The molecular weight excluding hydrogens is 336 g/mol. The fourth-order valence-corrected chi connectivity index (χ4v) is 4.80. The van der Waals surface area contributed by atoms with Gasteiger partial charge >= 0.3 is 0 Å². The standard InChI is InChI=1S/C11H11BrN2O2S2/c1-14(8-9-3-2-6-13-7-9)18(15,16)11-5-4-10(12)17-11/h2-7H,8H2,1H3. The van der Waals surface area contributed by atoms with Crippen LogP contribution in [0.15, 0.2) is 44.7 Å². The highest BCUT2D eigenvalue weighted by Crippen LogP contribution is 2.28. The third kappa shape index (κ3) is 2.97. The van der Waals surface area contributed by atoms with Crippen LogP contribution in [0.2, 0.25) is 0 Å². The van der Waals surface area contributed by atoms with Crippen molar-refractivity contribution in [2.75, 3.05) is 7.05 Å². The summed E-state index contributed by atoms with van der Waals surface area (Å²) in [6.45, 7) is 0.311. The van der Waals surface area contributed by atoms with Crippen LogP contribution in [-0.2, 0) is 16.6 Å². The van der Waals surface area contributed by atoms with E-state index in [1.807, 2.05) is 6.07 Å². The Morgan fingerprint density at radius 1 is 1.39 bits per heavy atom. The van der Waals surface area contributed by atoms with Gasteiger partial charge in [-0.05, 0) is 39.7 Å². The van der Waals surface area contributed by atoms with Crippen LogP contribution in [0.3, 0.4) is 0 Å². The summed E-state index contributed by atoms with van der Waals surface area (Å²) >= 11 is 4.47. The van der Waals surface area contributed by atoms with E-state index in [0.29, 0.717) is 10.8 Å². The van der Waals surface area contributed by atoms with E-state index in [-0.39, 0.29) is 0 Å². The minimum atomic E-state index is -3.42. The Hall–Kier alpha value is -0.760. The van der Waals surface area contributed by atoms with Crippen molar-refractivity contribution in [3.63, 3.8) is 0 Å². The summed E-state index contributed by atoms with van der Waals surface area (Å²) in [4.78, 5) is 3.97. The van der Waals surface area contributed by atoms with Gasteiger partial charge in [0.25, 0.3) is 10.0 Å². The molecule has 0 spiro atoms. The second-order valence-corrected chi connectivity index (χ2v) is 8.42. The molecule has 4 nitrogen and oxygen atoms in total. The summed E-state index contributed by atoms with van der Waals surface area (Å²) in [5.41, 5.74) is 0.860. The lowest BCUT2D eigenvalue weighted by atomic mass is 10.3. The van der Waals surface area contributed by atoms with E-state index in [0.717, 1.165) is 9.35 Å². The third-order valence-electron chi connectivity index (χ3n) is 2.34.